The van der Waals surface area contributed by atoms with Gasteiger partial charge in [0.1, 0.15) is 0 Å². The zero-order valence-electron chi connectivity index (χ0n) is 59.6. The van der Waals surface area contributed by atoms with Gasteiger partial charge in [0.05, 0.1) is 52.6 Å². The van der Waals surface area contributed by atoms with Crippen LogP contribution in [0.15, 0.2) is 240 Å². The van der Waals surface area contributed by atoms with Gasteiger partial charge in [-0.25, -0.2) is 28.8 Å². The van der Waals surface area contributed by atoms with Crippen LogP contribution in [-0.2, 0) is 0 Å². The smallest absolute Gasteiger partial charge is 0.155 e. The summed E-state index contributed by atoms with van der Waals surface area (Å²) >= 11 is 0. The molecule has 0 aliphatic carbocycles. The Morgan fingerprint density at radius 1 is 0.345 bits per heavy atom. The van der Waals surface area contributed by atoms with E-state index in [1.165, 1.54) is 25.1 Å². The topological polar surface area (TPSA) is 6.48 Å². The summed E-state index contributed by atoms with van der Waals surface area (Å²) in [4.78, 5) is 5.17. The van der Waals surface area contributed by atoms with Crippen molar-refractivity contribution in [2.24, 2.45) is 0 Å². The summed E-state index contributed by atoms with van der Waals surface area (Å²) in [6.07, 6.45) is 13.2. The van der Waals surface area contributed by atoms with Crippen molar-refractivity contribution in [3.63, 3.8) is 0 Å². The Kier molecular flexibility index (Phi) is 11.8. The predicted octanol–water partition coefficient (Wildman–Crippen LogP) is 21.7. The average Bonchev–Trinajstić information content (AvgIpc) is 0.717. The number of hydrogen-bond acceptors (Lipinski definition) is 2. The van der Waals surface area contributed by atoms with Gasteiger partial charge in [-0.15, -0.1) is 0 Å². The van der Waals surface area contributed by atoms with Crippen molar-refractivity contribution in [1.82, 2.24) is 0 Å². The first-order valence-electron chi connectivity index (χ1n) is 33.1. The molecule has 0 aliphatic heterocycles. The van der Waals surface area contributed by atoms with E-state index in [0.29, 0.717) is 54.6 Å². The molecule has 0 fully saturated rings. The highest BCUT2D eigenvalue weighted by Crippen LogP contribution is 2.52. The molecule has 0 saturated heterocycles. The van der Waals surface area contributed by atoms with E-state index in [-0.39, 0.29) is 45.3 Å². The number of benzene rings is 12. The maximum absolute atomic E-state index is 19.1. The summed E-state index contributed by atoms with van der Waals surface area (Å²) in [5, 5.41) is 6.06. The number of para-hydroxylation sites is 2. The molecule has 84 heavy (non-hydrogen) atoms. The molecule has 0 radical (unpaired) electrons. The molecule has 0 amide bonds. The fourth-order valence-electron chi connectivity index (χ4n) is 11.5. The molecule has 0 atom stereocenters. The summed E-state index contributed by atoms with van der Waals surface area (Å²) in [5.74, 6) is -1.39. The molecule has 12 aromatic carbocycles. The minimum absolute atomic E-state index is 0.0800. The lowest BCUT2D eigenvalue weighted by atomic mass is 9.90. The van der Waals surface area contributed by atoms with E-state index in [0.717, 1.165) is 16.0 Å². The molecule has 0 aromatic heterocycles. The van der Waals surface area contributed by atoms with E-state index in [1.807, 2.05) is 109 Å². The van der Waals surface area contributed by atoms with E-state index in [9.17, 15) is 5.48 Å². The minimum Gasteiger partial charge on any atom is -0.307 e. The molecule has 0 aliphatic rings. The van der Waals surface area contributed by atoms with Crippen molar-refractivity contribution in [3.8, 4) is 44.5 Å². The van der Waals surface area contributed by atoms with E-state index in [4.69, 9.17) is 8.22 Å². The zero-order valence-corrected chi connectivity index (χ0v) is 53.3. The van der Waals surface area contributed by atoms with Crippen molar-refractivity contribution >= 4 is 113 Å². The van der Waals surface area contributed by atoms with Crippen LogP contribution in [0.5, 0.6) is 0 Å². The van der Waals surface area contributed by atoms with Crippen LogP contribution >= 0.6 is 20.1 Å². The van der Waals surface area contributed by atoms with Gasteiger partial charge < -0.3 is 9.80 Å². The van der Waals surface area contributed by atoms with Crippen molar-refractivity contribution in [1.29, 1.82) is 0 Å². The second-order valence-corrected chi connectivity index (χ2v) is 43.7. The number of hydrogen-bond donors (Lipinski definition) is 0. The number of nitrogens with zero attached hydrogens (tertiary/aromatic N) is 2. The lowest BCUT2D eigenvalue weighted by Gasteiger charge is -2.31. The normalized spacial score (nSPS) is 14.5. The highest BCUT2D eigenvalue weighted by molar-refractivity contribution is 8.32. The summed E-state index contributed by atoms with van der Waals surface area (Å²) in [6.45, 7) is 13.5. The third-order valence-electron chi connectivity index (χ3n) is 16.1. The second-order valence-electron chi connectivity index (χ2n) is 25.2. The van der Waals surface area contributed by atoms with Crippen LogP contribution in [0.2, 0.25) is 39.3 Å². The van der Waals surface area contributed by atoms with E-state index in [1.54, 1.807) is 24.3 Å². The van der Waals surface area contributed by atoms with Crippen LogP contribution in [0.1, 0.15) is 13.7 Å². The molecule has 2 nitrogen and oxygen atoms in total. The Hall–Kier alpha value is -7.73. The Morgan fingerprint density at radius 3 is 1.00 bits per heavy atom. The quantitative estimate of drug-likeness (QED) is 0.0791. The van der Waals surface area contributed by atoms with Crippen LogP contribution in [0, 0.1) is 11.6 Å². The fourth-order valence-corrected chi connectivity index (χ4v) is 15.7. The highest BCUT2D eigenvalue weighted by Gasteiger charge is 2.29. The molecule has 12 aromatic rings. The molecular weight excluding hydrogens is 1100 g/mol. The summed E-state index contributed by atoms with van der Waals surface area (Å²) in [6, 6.07) is 48.0. The fraction of sp³-hybridized carbons (Fsp3) is 0.158. The van der Waals surface area contributed by atoms with Gasteiger partial charge in [-0.3, -0.25) is 0 Å². The average molecular weight is 1180 g/mol. The van der Waals surface area contributed by atoms with Gasteiger partial charge in [-0.1, -0.05) is 207 Å². The largest absolute Gasteiger partial charge is 0.307 e. The van der Waals surface area contributed by atoms with Crippen LogP contribution in [0.4, 0.5) is 42.9 Å². The predicted molar refractivity (Wildman–Crippen MR) is 374 cm³/mol. The van der Waals surface area contributed by atoms with Gasteiger partial charge in [0, 0.05) is 33.3 Å². The number of anilines is 6. The van der Waals surface area contributed by atoms with Crippen LogP contribution < -0.4 is 20.2 Å². The molecule has 12 rings (SSSR count). The van der Waals surface area contributed by atoms with Gasteiger partial charge in [-0.05, 0) is 175 Å². The molecule has 0 unspecified atom stereocenters. The van der Waals surface area contributed by atoms with Crippen molar-refractivity contribution in [3.05, 3.63) is 242 Å². The Bertz CT molecular complexity index is 4650. The molecular formula is C76H74F2N2S2Si2. The molecule has 0 bridgehead atoms. The van der Waals surface area contributed by atoms with Gasteiger partial charge in [0.15, 0.2) is 11.6 Å². The van der Waals surface area contributed by atoms with E-state index >= 15 is 8.78 Å². The zero-order chi connectivity index (χ0) is 67.7. The third kappa shape index (κ3) is 10.6. The summed E-state index contributed by atoms with van der Waals surface area (Å²) in [7, 11) is -5.85. The van der Waals surface area contributed by atoms with Crippen molar-refractivity contribution < 1.29 is 22.5 Å². The monoisotopic (exact) mass is 1180 g/mol. The Morgan fingerprint density at radius 2 is 0.655 bits per heavy atom. The Labute approximate surface area is 515 Å². The summed E-state index contributed by atoms with van der Waals surface area (Å²) < 4.78 is 130. The molecule has 0 spiro atoms. The van der Waals surface area contributed by atoms with E-state index < -0.39 is 108 Å². The SMILES string of the molecule is [2H]c1c([2H])c([2H])c(N(c2ccc(-c3ccc([Si](C)(C)C)cc3)c(-c3ccc([Si](C)(C)C)cc3)c2F)c2ccc3ccc4c(N(c5ccc(-c6ccc(S(C)(C)C)cc6)c(-c6ccc(S(C)(C)C)cc6)c5F)c5c([2H])c([2H])c([2H])c([2H])c5[2H])ccc5ccc2c3c54)c([2H])c1[2H]. The minimum atomic E-state index is -1.82. The molecule has 0 N–H and O–H groups in total. The molecule has 422 valence electrons. The summed E-state index contributed by atoms with van der Waals surface area (Å²) in [5.41, 5.74) is 4.24. The lowest BCUT2D eigenvalue weighted by Crippen LogP contribution is -2.37. The third-order valence-corrected chi connectivity index (χ3v) is 23.6. The standard InChI is InChI=1S/C76H74F2N2S2Si2/c1-81(2,3)59-35-23-51(24-36-59)63-45-49-69(75(77)73(63)55-25-37-60(38-26-55)82(4,5)6)79(57-19-15-13-16-20-57)67-47-33-53-32-44-66-68(48-34-54-31-43-65(67)71(53)72(54)66)80(58-21-17-14-18-22-58)70-50-46-64(52-27-39-61(40-28-52)83(7,8)9)74(76(70)78)56-29-41-62(42-30-56)84(10,11)12/h13-50H,1-12H3/i13D,14D,15D,16D,17D,18D,19D,20D,21D,22D. The van der Waals surface area contributed by atoms with Crippen LogP contribution in [-0.4, -0.2) is 53.7 Å². The van der Waals surface area contributed by atoms with Gasteiger partial charge in [0.2, 0.25) is 0 Å². The van der Waals surface area contributed by atoms with Gasteiger partial charge in [-0.2, -0.15) is 0 Å². The number of rotatable bonds is 14. The Balaban J connectivity index is 1.15. The van der Waals surface area contributed by atoms with Crippen LogP contribution in [0.3, 0.4) is 0 Å². The first-order valence-corrected chi connectivity index (χ1v) is 40.8. The molecule has 8 heteroatoms. The lowest BCUT2D eigenvalue weighted by molar-refractivity contribution is 0.632. The van der Waals surface area contributed by atoms with Gasteiger partial charge >= 0.3 is 0 Å². The number of halogens is 2. The first-order chi connectivity index (χ1) is 44.2. The van der Waals surface area contributed by atoms with Crippen molar-refractivity contribution in [2.45, 2.75) is 49.1 Å². The molecule has 0 saturated carbocycles. The second kappa shape index (κ2) is 21.7. The highest BCUT2D eigenvalue weighted by atomic mass is 32.3. The van der Waals surface area contributed by atoms with Crippen molar-refractivity contribution in [2.75, 3.05) is 47.3 Å². The first kappa shape index (κ1) is 45.7. The molecule has 0 heterocycles. The maximum atomic E-state index is 19.1. The maximum Gasteiger partial charge on any atom is 0.155 e. The van der Waals surface area contributed by atoms with E-state index in [2.05, 4.69) is 113 Å². The van der Waals surface area contributed by atoms with Crippen LogP contribution in [0.25, 0.3) is 76.8 Å². The van der Waals surface area contributed by atoms with Gasteiger partial charge in [0.25, 0.3) is 0 Å².